The van der Waals surface area contributed by atoms with E-state index in [4.69, 9.17) is 17.0 Å². The van der Waals surface area contributed by atoms with Crippen LogP contribution >= 0.6 is 12.2 Å². The zero-order valence-corrected chi connectivity index (χ0v) is 17.3. The number of amides is 1. The first-order valence-electron chi connectivity index (χ1n) is 9.71. The Hall–Kier alpha value is -2.93. The van der Waals surface area contributed by atoms with E-state index in [1.807, 2.05) is 35.2 Å². The molecular formula is C22H25N3O3S. The van der Waals surface area contributed by atoms with Crippen LogP contribution < -0.4 is 5.32 Å². The summed E-state index contributed by atoms with van der Waals surface area (Å²) < 4.78 is 4.99. The fraction of sp³-hybridized carbons (Fsp3) is 0.318. The molecule has 6 nitrogen and oxygen atoms in total. The van der Waals surface area contributed by atoms with E-state index in [2.05, 4.69) is 10.2 Å². The van der Waals surface area contributed by atoms with Crippen molar-refractivity contribution < 1.29 is 14.3 Å². The van der Waals surface area contributed by atoms with Crippen LogP contribution in [0.25, 0.3) is 0 Å². The van der Waals surface area contributed by atoms with Crippen molar-refractivity contribution >= 4 is 34.9 Å². The second-order valence-electron chi connectivity index (χ2n) is 6.76. The molecule has 2 aromatic rings. The van der Waals surface area contributed by atoms with Crippen molar-refractivity contribution in [3.63, 3.8) is 0 Å². The molecule has 0 bridgehead atoms. The van der Waals surface area contributed by atoms with E-state index >= 15 is 0 Å². The summed E-state index contributed by atoms with van der Waals surface area (Å²) in [5.41, 5.74) is 2.35. The highest BCUT2D eigenvalue weighted by Crippen LogP contribution is 2.13. The normalized spacial score (nSPS) is 13.7. The van der Waals surface area contributed by atoms with Crippen molar-refractivity contribution in [2.24, 2.45) is 0 Å². The number of carbonyl (C=O) groups excluding carboxylic acids is 2. The molecule has 0 aliphatic carbocycles. The van der Waals surface area contributed by atoms with Crippen LogP contribution in [0.1, 0.15) is 22.8 Å². The molecule has 1 heterocycles. The Kier molecular flexibility index (Phi) is 7.19. The Morgan fingerprint density at radius 1 is 0.966 bits per heavy atom. The van der Waals surface area contributed by atoms with Gasteiger partial charge in [-0.05, 0) is 49.0 Å². The number of carbonyl (C=O) groups is 2. The van der Waals surface area contributed by atoms with Crippen LogP contribution in [-0.4, -0.2) is 59.6 Å². The summed E-state index contributed by atoms with van der Waals surface area (Å²) in [6.45, 7) is 4.80. The van der Waals surface area contributed by atoms with Gasteiger partial charge in [0.2, 0.25) is 5.91 Å². The van der Waals surface area contributed by atoms with Crippen molar-refractivity contribution in [1.29, 1.82) is 0 Å². The van der Waals surface area contributed by atoms with Gasteiger partial charge in [-0.25, -0.2) is 4.79 Å². The largest absolute Gasteiger partial charge is 0.462 e. The summed E-state index contributed by atoms with van der Waals surface area (Å²) in [5, 5.41) is 3.81. The summed E-state index contributed by atoms with van der Waals surface area (Å²) >= 11 is 5.51. The monoisotopic (exact) mass is 411 g/mol. The number of thiocarbonyl (C=S) groups is 1. The van der Waals surface area contributed by atoms with Crippen LogP contribution in [0, 0.1) is 0 Å². The lowest BCUT2D eigenvalue weighted by atomic mass is 10.1. The molecule has 0 aromatic heterocycles. The third kappa shape index (κ3) is 5.77. The lowest BCUT2D eigenvalue weighted by Gasteiger charge is -2.36. The van der Waals surface area contributed by atoms with Gasteiger partial charge in [-0.3, -0.25) is 4.79 Å². The molecule has 1 fully saturated rings. The first-order valence-corrected chi connectivity index (χ1v) is 10.1. The molecular weight excluding hydrogens is 386 g/mol. The molecule has 152 valence electrons. The number of hydrogen-bond donors (Lipinski definition) is 1. The van der Waals surface area contributed by atoms with Crippen LogP contribution in [-0.2, 0) is 16.0 Å². The predicted octanol–water partition coefficient (Wildman–Crippen LogP) is 2.95. The number of piperazine rings is 1. The van der Waals surface area contributed by atoms with Gasteiger partial charge >= 0.3 is 5.97 Å². The van der Waals surface area contributed by atoms with Gasteiger partial charge in [0.25, 0.3) is 0 Å². The minimum absolute atomic E-state index is 0.143. The van der Waals surface area contributed by atoms with Crippen LogP contribution in [0.5, 0.6) is 0 Å². The summed E-state index contributed by atoms with van der Waals surface area (Å²) in [6.07, 6.45) is 0.427. The van der Waals surface area contributed by atoms with E-state index in [9.17, 15) is 9.59 Å². The molecule has 7 heteroatoms. The molecule has 1 amide bonds. The van der Waals surface area contributed by atoms with Gasteiger partial charge in [-0.15, -0.1) is 0 Å². The molecule has 1 aliphatic rings. The standard InChI is InChI=1S/C22H25N3O3S/c1-2-28-21(27)18-8-10-19(11-9-18)23-22(29)25-14-12-24(13-15-25)20(26)16-17-6-4-3-5-7-17/h3-11H,2,12-16H2,1H3,(H,23,29). The van der Waals surface area contributed by atoms with Gasteiger partial charge in [0.1, 0.15) is 0 Å². The number of nitrogens with one attached hydrogen (secondary N) is 1. The lowest BCUT2D eigenvalue weighted by molar-refractivity contribution is -0.131. The fourth-order valence-corrected chi connectivity index (χ4v) is 3.45. The molecule has 3 rings (SSSR count). The first kappa shape index (κ1) is 20.8. The van der Waals surface area contributed by atoms with Gasteiger partial charge in [-0.2, -0.15) is 0 Å². The summed E-state index contributed by atoms with van der Waals surface area (Å²) in [7, 11) is 0. The number of anilines is 1. The van der Waals surface area contributed by atoms with Crippen LogP contribution in [0.2, 0.25) is 0 Å². The van der Waals surface area contributed by atoms with E-state index in [0.717, 1.165) is 11.3 Å². The van der Waals surface area contributed by atoms with Gasteiger partial charge in [0.15, 0.2) is 5.11 Å². The zero-order chi connectivity index (χ0) is 20.6. The Morgan fingerprint density at radius 2 is 1.59 bits per heavy atom. The minimum atomic E-state index is -0.335. The van der Waals surface area contributed by atoms with E-state index < -0.39 is 0 Å². The first-order chi connectivity index (χ1) is 14.1. The highest BCUT2D eigenvalue weighted by molar-refractivity contribution is 7.80. The Morgan fingerprint density at radius 3 is 2.21 bits per heavy atom. The molecule has 0 radical (unpaired) electrons. The Labute approximate surface area is 176 Å². The maximum absolute atomic E-state index is 12.5. The third-order valence-corrected chi connectivity index (χ3v) is 5.13. The zero-order valence-electron chi connectivity index (χ0n) is 16.5. The Balaban J connectivity index is 1.47. The van der Waals surface area contributed by atoms with Gasteiger partial charge in [0.05, 0.1) is 18.6 Å². The summed E-state index contributed by atoms with van der Waals surface area (Å²) in [4.78, 5) is 28.2. The lowest BCUT2D eigenvalue weighted by Crippen LogP contribution is -2.51. The second kappa shape index (κ2) is 10.0. The quantitative estimate of drug-likeness (QED) is 0.603. The summed E-state index contributed by atoms with van der Waals surface area (Å²) in [5.74, 6) is -0.192. The topological polar surface area (TPSA) is 61.9 Å². The fourth-order valence-electron chi connectivity index (χ4n) is 3.15. The predicted molar refractivity (Wildman–Crippen MR) is 117 cm³/mol. The minimum Gasteiger partial charge on any atom is -0.462 e. The molecule has 0 saturated carbocycles. The van der Waals surface area contributed by atoms with E-state index in [0.29, 0.717) is 49.9 Å². The molecule has 1 N–H and O–H groups in total. The maximum atomic E-state index is 12.5. The smallest absolute Gasteiger partial charge is 0.338 e. The average molecular weight is 412 g/mol. The number of benzene rings is 2. The maximum Gasteiger partial charge on any atom is 0.338 e. The molecule has 1 aliphatic heterocycles. The molecule has 1 saturated heterocycles. The van der Waals surface area contributed by atoms with Crippen molar-refractivity contribution in [2.75, 3.05) is 38.1 Å². The number of esters is 1. The molecule has 0 atom stereocenters. The average Bonchev–Trinajstić information content (AvgIpc) is 2.75. The third-order valence-electron chi connectivity index (χ3n) is 4.77. The van der Waals surface area contributed by atoms with Gasteiger partial charge < -0.3 is 19.9 Å². The van der Waals surface area contributed by atoms with Crippen LogP contribution in [0.3, 0.4) is 0 Å². The van der Waals surface area contributed by atoms with Crippen molar-refractivity contribution in [1.82, 2.24) is 9.80 Å². The van der Waals surface area contributed by atoms with E-state index in [-0.39, 0.29) is 11.9 Å². The Bertz CT molecular complexity index is 847. The molecule has 2 aromatic carbocycles. The number of nitrogens with zero attached hydrogens (tertiary/aromatic N) is 2. The SMILES string of the molecule is CCOC(=O)c1ccc(NC(=S)N2CCN(C(=O)Cc3ccccc3)CC2)cc1. The van der Waals surface area contributed by atoms with Crippen LogP contribution in [0.15, 0.2) is 54.6 Å². The highest BCUT2D eigenvalue weighted by atomic mass is 32.1. The van der Waals surface area contributed by atoms with E-state index in [1.165, 1.54) is 0 Å². The summed E-state index contributed by atoms with van der Waals surface area (Å²) in [6, 6.07) is 16.8. The van der Waals surface area contributed by atoms with Crippen molar-refractivity contribution in [3.8, 4) is 0 Å². The number of ether oxygens (including phenoxy) is 1. The second-order valence-corrected chi connectivity index (χ2v) is 7.14. The van der Waals surface area contributed by atoms with E-state index in [1.54, 1.807) is 31.2 Å². The van der Waals surface area contributed by atoms with Crippen molar-refractivity contribution in [2.45, 2.75) is 13.3 Å². The molecule has 0 unspecified atom stereocenters. The van der Waals surface area contributed by atoms with Gasteiger partial charge in [0, 0.05) is 31.9 Å². The number of hydrogen-bond acceptors (Lipinski definition) is 4. The van der Waals surface area contributed by atoms with Gasteiger partial charge in [-0.1, -0.05) is 30.3 Å². The number of rotatable bonds is 5. The molecule has 0 spiro atoms. The highest BCUT2D eigenvalue weighted by Gasteiger charge is 2.22. The molecule has 29 heavy (non-hydrogen) atoms. The van der Waals surface area contributed by atoms with Crippen molar-refractivity contribution in [3.05, 3.63) is 65.7 Å². The van der Waals surface area contributed by atoms with Crippen LogP contribution in [0.4, 0.5) is 5.69 Å².